The second kappa shape index (κ2) is 4.95. The molecule has 3 nitrogen and oxygen atoms in total. The summed E-state index contributed by atoms with van der Waals surface area (Å²) in [6, 6.07) is 2.59. The number of carboxylic acid groups (broad SMARTS) is 1. The molecule has 1 aliphatic carbocycles. The fraction of sp³-hybridized carbons (Fsp3) is 0.375. The molecule has 1 aliphatic rings. The summed E-state index contributed by atoms with van der Waals surface area (Å²) in [5.74, 6) is -1.28. The van der Waals surface area contributed by atoms with E-state index < -0.39 is 11.8 Å². The van der Waals surface area contributed by atoms with Crippen LogP contribution >= 0.6 is 11.6 Å². The summed E-state index contributed by atoms with van der Waals surface area (Å²) in [6.07, 6.45) is 1.89. The van der Waals surface area contributed by atoms with E-state index in [4.69, 9.17) is 11.6 Å². The number of nitrogens with zero attached hydrogens (tertiary/aromatic N) is 1. The highest BCUT2D eigenvalue weighted by molar-refractivity contribution is 6.31. The number of hydrogen-bond acceptors (Lipinski definition) is 2. The van der Waals surface area contributed by atoms with Gasteiger partial charge in [0.25, 0.3) is 0 Å². The highest BCUT2D eigenvalue weighted by Gasteiger charge is 2.30. The number of halogens is 2. The maximum Gasteiger partial charge on any atom is 0.336 e. The van der Waals surface area contributed by atoms with E-state index in [2.05, 4.69) is 4.98 Å². The average Bonchev–Trinajstić information content (AvgIpc) is 2.42. The van der Waals surface area contributed by atoms with E-state index in [9.17, 15) is 14.3 Å². The second-order valence-corrected chi connectivity index (χ2v) is 6.16. The Bertz CT molecular complexity index is 760. The van der Waals surface area contributed by atoms with Crippen molar-refractivity contribution in [1.82, 2.24) is 4.98 Å². The van der Waals surface area contributed by atoms with Crippen molar-refractivity contribution in [1.29, 1.82) is 0 Å². The van der Waals surface area contributed by atoms with Crippen molar-refractivity contribution in [3.8, 4) is 0 Å². The highest BCUT2D eigenvalue weighted by atomic mass is 35.5. The molecule has 1 aromatic carbocycles. The second-order valence-electron chi connectivity index (χ2n) is 5.75. The van der Waals surface area contributed by atoms with Gasteiger partial charge >= 0.3 is 5.97 Å². The number of aromatic nitrogens is 1. The Hall–Kier alpha value is -1.68. The lowest BCUT2D eigenvalue weighted by atomic mass is 9.78. The molecule has 0 bridgehead atoms. The molecule has 0 radical (unpaired) electrons. The molecule has 0 spiro atoms. The van der Waals surface area contributed by atoms with Crippen LogP contribution in [0.25, 0.3) is 10.9 Å². The third kappa shape index (κ3) is 2.18. The van der Waals surface area contributed by atoms with Crippen LogP contribution in [0.2, 0.25) is 5.02 Å². The Kier molecular flexibility index (Phi) is 3.36. The van der Waals surface area contributed by atoms with Crippen molar-refractivity contribution in [3.05, 3.63) is 39.8 Å². The van der Waals surface area contributed by atoms with Gasteiger partial charge in [-0.05, 0) is 36.3 Å². The first-order valence-corrected chi connectivity index (χ1v) is 7.33. The number of carboxylic acids is 1. The number of hydrogen-bond donors (Lipinski definition) is 1. The Morgan fingerprint density at radius 3 is 2.67 bits per heavy atom. The quantitative estimate of drug-likeness (QED) is 0.829. The lowest BCUT2D eigenvalue weighted by Crippen LogP contribution is -2.18. The van der Waals surface area contributed by atoms with Crippen molar-refractivity contribution in [2.45, 2.75) is 38.5 Å². The minimum Gasteiger partial charge on any atom is -0.478 e. The number of carbonyl (C=O) groups is 1. The van der Waals surface area contributed by atoms with Gasteiger partial charge < -0.3 is 5.11 Å². The van der Waals surface area contributed by atoms with E-state index in [0.717, 1.165) is 24.1 Å². The Morgan fingerprint density at radius 2 is 2.00 bits per heavy atom. The summed E-state index contributed by atoms with van der Waals surface area (Å²) < 4.78 is 13.7. The summed E-state index contributed by atoms with van der Waals surface area (Å²) in [7, 11) is 0. The molecule has 2 unspecified atom stereocenters. The molecule has 21 heavy (non-hydrogen) atoms. The molecule has 0 saturated heterocycles. The normalized spacial score (nSPS) is 21.3. The summed E-state index contributed by atoms with van der Waals surface area (Å²) >= 11 is 5.82. The standard InChI is InChI=1S/C16H15ClFNO2/c1-7-3-4-8(2)15-13(7)14(16(20)21)9-5-10(17)11(18)6-12(9)19-15/h5-8H,3-4H2,1-2H3,(H,20,21). The van der Waals surface area contributed by atoms with E-state index in [1.165, 1.54) is 12.1 Å². The molecule has 2 aromatic rings. The van der Waals surface area contributed by atoms with E-state index in [1.54, 1.807) is 0 Å². The van der Waals surface area contributed by atoms with Gasteiger partial charge in [0.2, 0.25) is 0 Å². The van der Waals surface area contributed by atoms with Crippen LogP contribution in [0.3, 0.4) is 0 Å². The molecule has 1 N–H and O–H groups in total. The Labute approximate surface area is 126 Å². The zero-order chi connectivity index (χ0) is 15.3. The molecule has 110 valence electrons. The zero-order valence-corrected chi connectivity index (χ0v) is 12.5. The summed E-state index contributed by atoms with van der Waals surface area (Å²) in [6.45, 7) is 4.04. The highest BCUT2D eigenvalue weighted by Crippen LogP contribution is 2.42. The Morgan fingerprint density at radius 1 is 1.33 bits per heavy atom. The predicted molar refractivity (Wildman–Crippen MR) is 79.7 cm³/mol. The van der Waals surface area contributed by atoms with Crippen LogP contribution in [0.1, 0.15) is 60.1 Å². The van der Waals surface area contributed by atoms with Crippen LogP contribution in [0.5, 0.6) is 0 Å². The number of benzene rings is 1. The van der Waals surface area contributed by atoms with Gasteiger partial charge in [-0.3, -0.25) is 4.98 Å². The van der Waals surface area contributed by atoms with E-state index >= 15 is 0 Å². The van der Waals surface area contributed by atoms with Crippen LogP contribution in [-0.2, 0) is 0 Å². The minimum atomic E-state index is -1.01. The van der Waals surface area contributed by atoms with E-state index in [0.29, 0.717) is 10.9 Å². The van der Waals surface area contributed by atoms with Crippen molar-refractivity contribution in [2.24, 2.45) is 0 Å². The topological polar surface area (TPSA) is 50.2 Å². The van der Waals surface area contributed by atoms with Gasteiger partial charge in [-0.25, -0.2) is 9.18 Å². The van der Waals surface area contributed by atoms with Gasteiger partial charge in [-0.15, -0.1) is 0 Å². The fourth-order valence-corrected chi connectivity index (χ4v) is 3.34. The van der Waals surface area contributed by atoms with Gasteiger partial charge in [0.1, 0.15) is 5.82 Å². The molecular formula is C16H15ClFNO2. The molecule has 2 atom stereocenters. The van der Waals surface area contributed by atoms with Gasteiger partial charge in [0, 0.05) is 17.1 Å². The molecule has 1 heterocycles. The average molecular weight is 308 g/mol. The lowest BCUT2D eigenvalue weighted by Gasteiger charge is -2.28. The smallest absolute Gasteiger partial charge is 0.336 e. The third-order valence-electron chi connectivity index (χ3n) is 4.30. The van der Waals surface area contributed by atoms with Gasteiger partial charge in [0.15, 0.2) is 0 Å². The first-order chi connectivity index (χ1) is 9.90. The summed E-state index contributed by atoms with van der Waals surface area (Å²) in [4.78, 5) is 16.3. The molecule has 1 aromatic heterocycles. The largest absolute Gasteiger partial charge is 0.478 e. The van der Waals surface area contributed by atoms with Crippen molar-refractivity contribution in [3.63, 3.8) is 0 Å². The Balaban J connectivity index is 2.47. The molecular weight excluding hydrogens is 293 g/mol. The van der Waals surface area contributed by atoms with Gasteiger partial charge in [-0.1, -0.05) is 25.4 Å². The van der Waals surface area contributed by atoms with Crippen LogP contribution < -0.4 is 0 Å². The van der Waals surface area contributed by atoms with E-state index in [1.807, 2.05) is 13.8 Å². The zero-order valence-electron chi connectivity index (χ0n) is 11.8. The summed E-state index contributed by atoms with van der Waals surface area (Å²) in [5, 5.41) is 9.97. The maximum atomic E-state index is 13.7. The van der Waals surface area contributed by atoms with Crippen LogP contribution in [0.4, 0.5) is 4.39 Å². The van der Waals surface area contributed by atoms with Gasteiger partial charge in [0.05, 0.1) is 16.1 Å². The fourth-order valence-electron chi connectivity index (χ4n) is 3.18. The number of rotatable bonds is 1. The molecule has 0 amide bonds. The lowest BCUT2D eigenvalue weighted by molar-refractivity contribution is 0.0696. The first kappa shape index (κ1) is 14.3. The van der Waals surface area contributed by atoms with Crippen molar-refractivity contribution < 1.29 is 14.3 Å². The van der Waals surface area contributed by atoms with Crippen molar-refractivity contribution >= 4 is 28.5 Å². The molecule has 0 saturated carbocycles. The van der Waals surface area contributed by atoms with Crippen molar-refractivity contribution in [2.75, 3.05) is 0 Å². The first-order valence-electron chi connectivity index (χ1n) is 6.96. The summed E-state index contributed by atoms with van der Waals surface area (Å²) in [5.41, 5.74) is 2.13. The SMILES string of the molecule is CC1CCC(C)c2c1nc1cc(F)c(Cl)cc1c2C(=O)O. The van der Waals surface area contributed by atoms with Crippen LogP contribution in [-0.4, -0.2) is 16.1 Å². The van der Waals surface area contributed by atoms with E-state index in [-0.39, 0.29) is 22.4 Å². The number of fused-ring (bicyclic) bond motifs is 2. The van der Waals surface area contributed by atoms with Gasteiger partial charge in [-0.2, -0.15) is 0 Å². The molecule has 5 heteroatoms. The monoisotopic (exact) mass is 307 g/mol. The van der Waals surface area contributed by atoms with Crippen LogP contribution in [0, 0.1) is 5.82 Å². The molecule has 0 aliphatic heterocycles. The number of pyridine rings is 1. The molecule has 3 rings (SSSR count). The van der Waals surface area contributed by atoms with Crippen LogP contribution in [0.15, 0.2) is 12.1 Å². The number of aromatic carboxylic acids is 1. The predicted octanol–water partition coefficient (Wildman–Crippen LogP) is 4.73. The maximum absolute atomic E-state index is 13.7. The molecule has 0 fully saturated rings. The minimum absolute atomic E-state index is 0.0803. The third-order valence-corrected chi connectivity index (χ3v) is 4.59.